The second-order valence-corrected chi connectivity index (χ2v) is 13.9. The molecule has 0 radical (unpaired) electrons. The smallest absolute Gasteiger partial charge is 0.147 e. The summed E-state index contributed by atoms with van der Waals surface area (Å²) in [5, 5.41) is 7.01. The van der Waals surface area contributed by atoms with Gasteiger partial charge in [-0.05, 0) is 47.6 Å². The van der Waals surface area contributed by atoms with E-state index in [1.165, 1.54) is 90.3 Å². The van der Waals surface area contributed by atoms with Gasteiger partial charge in [0.25, 0.3) is 0 Å². The van der Waals surface area contributed by atoms with Crippen molar-refractivity contribution in [3.63, 3.8) is 0 Å². The predicted octanol–water partition coefficient (Wildman–Crippen LogP) is 11.7. The van der Waals surface area contributed by atoms with Crippen LogP contribution in [-0.2, 0) is 0 Å². The second kappa shape index (κ2) is 12.0. The average Bonchev–Trinajstić information content (AvgIpc) is 3.66. The zero-order valence-electron chi connectivity index (χ0n) is 22.0. The molecule has 36 heavy (non-hydrogen) atoms. The summed E-state index contributed by atoms with van der Waals surface area (Å²) in [6.45, 7) is 10.8. The highest BCUT2D eigenvalue weighted by atomic mass is 32.1. The number of hydrogen-bond acceptors (Lipinski definition) is 6. The summed E-state index contributed by atoms with van der Waals surface area (Å²) in [6, 6.07) is 4.53. The lowest BCUT2D eigenvalue weighted by Gasteiger charge is -2.19. The van der Waals surface area contributed by atoms with E-state index in [1.807, 2.05) is 45.3 Å². The van der Waals surface area contributed by atoms with Crippen LogP contribution >= 0.6 is 45.3 Å². The van der Waals surface area contributed by atoms with Crippen molar-refractivity contribution in [2.75, 3.05) is 13.2 Å². The minimum atomic E-state index is 0.605. The number of fused-ring (bicyclic) bond motifs is 6. The third-order valence-electron chi connectivity index (χ3n) is 7.47. The van der Waals surface area contributed by atoms with Gasteiger partial charge in [0.2, 0.25) is 0 Å². The highest BCUT2D eigenvalue weighted by Crippen LogP contribution is 2.56. The van der Waals surface area contributed by atoms with Crippen molar-refractivity contribution in [1.82, 2.24) is 0 Å². The van der Waals surface area contributed by atoms with Gasteiger partial charge < -0.3 is 9.47 Å². The van der Waals surface area contributed by atoms with Gasteiger partial charge in [0.1, 0.15) is 11.5 Å². The van der Waals surface area contributed by atoms with Gasteiger partial charge in [0.15, 0.2) is 0 Å². The van der Waals surface area contributed by atoms with E-state index in [0.29, 0.717) is 11.8 Å². The fraction of sp³-hybridized carbons (Fsp3) is 0.533. The molecule has 2 nitrogen and oxygen atoms in total. The van der Waals surface area contributed by atoms with Crippen molar-refractivity contribution in [1.29, 1.82) is 0 Å². The van der Waals surface area contributed by atoms with Crippen LogP contribution in [0.2, 0.25) is 0 Å². The maximum Gasteiger partial charge on any atom is 0.147 e. The van der Waals surface area contributed by atoms with Crippen LogP contribution in [0.25, 0.3) is 39.0 Å². The Hall–Kier alpha value is -1.34. The molecule has 2 unspecified atom stereocenters. The number of ether oxygens (including phenoxy) is 2. The Labute approximate surface area is 231 Å². The number of unbranched alkanes of at least 4 members (excludes halogenated alkanes) is 2. The Morgan fingerprint density at radius 1 is 0.639 bits per heavy atom. The number of benzene rings is 1. The zero-order valence-corrected chi connectivity index (χ0v) is 25.3. The summed E-state index contributed by atoms with van der Waals surface area (Å²) >= 11 is 7.45. The van der Waals surface area contributed by atoms with E-state index in [9.17, 15) is 0 Å². The summed E-state index contributed by atoms with van der Waals surface area (Å²) in [5.41, 5.74) is 0. The average molecular weight is 559 g/mol. The van der Waals surface area contributed by atoms with Crippen molar-refractivity contribution in [2.24, 2.45) is 11.8 Å². The molecule has 5 aromatic rings. The highest BCUT2D eigenvalue weighted by Gasteiger charge is 2.26. The molecule has 2 atom stereocenters. The van der Waals surface area contributed by atoms with Crippen LogP contribution in [0.4, 0.5) is 0 Å². The molecule has 0 fully saturated rings. The lowest BCUT2D eigenvalue weighted by Crippen LogP contribution is -2.12. The van der Waals surface area contributed by atoms with Crippen molar-refractivity contribution in [3.05, 3.63) is 22.9 Å². The van der Waals surface area contributed by atoms with E-state index in [1.54, 1.807) is 0 Å². The molecule has 1 aromatic carbocycles. The van der Waals surface area contributed by atoms with Gasteiger partial charge in [0, 0.05) is 9.40 Å². The molecule has 0 aliphatic carbocycles. The number of thiophene rings is 4. The van der Waals surface area contributed by atoms with E-state index in [2.05, 4.69) is 50.6 Å². The van der Waals surface area contributed by atoms with E-state index in [4.69, 9.17) is 9.47 Å². The second-order valence-electron chi connectivity index (χ2n) is 9.95. The Morgan fingerprint density at radius 2 is 1.08 bits per heavy atom. The first kappa shape index (κ1) is 26.3. The van der Waals surface area contributed by atoms with Crippen LogP contribution < -0.4 is 9.47 Å². The van der Waals surface area contributed by atoms with Crippen LogP contribution in [0, 0.1) is 11.8 Å². The van der Waals surface area contributed by atoms with Gasteiger partial charge in [-0.3, -0.25) is 0 Å². The molecule has 194 valence electrons. The summed E-state index contributed by atoms with van der Waals surface area (Å²) in [5.74, 6) is 3.41. The molecule has 0 aliphatic rings. The third-order valence-corrected chi connectivity index (χ3v) is 11.9. The predicted molar refractivity (Wildman–Crippen MR) is 166 cm³/mol. The normalized spacial score (nSPS) is 13.9. The molecule has 0 spiro atoms. The topological polar surface area (TPSA) is 18.5 Å². The Bertz CT molecular complexity index is 1310. The van der Waals surface area contributed by atoms with Crippen LogP contribution in [-0.4, -0.2) is 13.2 Å². The molecular formula is C30H38O2S4. The van der Waals surface area contributed by atoms with Gasteiger partial charge in [-0.15, -0.1) is 45.3 Å². The lowest BCUT2D eigenvalue weighted by atomic mass is 10.0. The molecule has 0 N–H and O–H groups in total. The van der Waals surface area contributed by atoms with Gasteiger partial charge >= 0.3 is 0 Å². The van der Waals surface area contributed by atoms with Crippen molar-refractivity contribution < 1.29 is 9.47 Å². The van der Waals surface area contributed by atoms with Gasteiger partial charge in [-0.25, -0.2) is 0 Å². The minimum absolute atomic E-state index is 0.605. The van der Waals surface area contributed by atoms with Crippen LogP contribution in [0.3, 0.4) is 0 Å². The molecule has 6 heteroatoms. The van der Waals surface area contributed by atoms with Crippen molar-refractivity contribution in [2.45, 2.75) is 79.1 Å². The van der Waals surface area contributed by atoms with E-state index in [0.717, 1.165) is 24.7 Å². The summed E-state index contributed by atoms with van der Waals surface area (Å²) in [7, 11) is 0. The molecule has 4 aromatic heterocycles. The molecule has 0 aliphatic heterocycles. The fourth-order valence-electron chi connectivity index (χ4n) is 5.08. The Kier molecular flexibility index (Phi) is 8.77. The number of rotatable bonds is 14. The molecule has 0 bridgehead atoms. The van der Waals surface area contributed by atoms with E-state index in [-0.39, 0.29) is 0 Å². The largest absolute Gasteiger partial charge is 0.491 e. The van der Waals surface area contributed by atoms with Crippen LogP contribution in [0.1, 0.15) is 79.1 Å². The molecule has 4 heterocycles. The third kappa shape index (κ3) is 5.03. The van der Waals surface area contributed by atoms with E-state index >= 15 is 0 Å². The van der Waals surface area contributed by atoms with Crippen molar-refractivity contribution >= 4 is 84.3 Å². The maximum atomic E-state index is 6.85. The zero-order chi connectivity index (χ0) is 25.1. The van der Waals surface area contributed by atoms with E-state index < -0.39 is 0 Å². The molecule has 0 saturated carbocycles. The van der Waals surface area contributed by atoms with Gasteiger partial charge in [-0.1, -0.05) is 66.2 Å². The first-order chi connectivity index (χ1) is 17.7. The maximum absolute atomic E-state index is 6.85. The summed E-state index contributed by atoms with van der Waals surface area (Å²) < 4.78 is 21.7. The molecular weight excluding hydrogens is 521 g/mol. The van der Waals surface area contributed by atoms with Crippen molar-refractivity contribution in [3.8, 4) is 11.5 Å². The highest BCUT2D eigenvalue weighted by molar-refractivity contribution is 7.34. The Balaban J connectivity index is 1.64. The molecule has 0 amide bonds. The SMILES string of the molecule is CCCCC(CC)COc1c2sc3ccsc3c2c(OCC(CC)CCCC)c2sc3ccsc3c12. The molecule has 0 saturated heterocycles. The van der Waals surface area contributed by atoms with Crippen LogP contribution in [0.5, 0.6) is 11.5 Å². The fourth-order valence-corrected chi connectivity index (χ4v) is 9.80. The summed E-state index contributed by atoms with van der Waals surface area (Å²) in [6.07, 6.45) is 9.87. The first-order valence-electron chi connectivity index (χ1n) is 13.7. The van der Waals surface area contributed by atoms with Gasteiger partial charge in [0.05, 0.1) is 42.8 Å². The minimum Gasteiger partial charge on any atom is -0.491 e. The lowest BCUT2D eigenvalue weighted by molar-refractivity contribution is 0.235. The Morgan fingerprint density at radius 3 is 1.47 bits per heavy atom. The van der Waals surface area contributed by atoms with Crippen LogP contribution in [0.15, 0.2) is 22.9 Å². The number of hydrogen-bond donors (Lipinski definition) is 0. The summed E-state index contributed by atoms with van der Waals surface area (Å²) in [4.78, 5) is 0. The quantitative estimate of drug-likeness (QED) is 0.135. The molecule has 5 rings (SSSR count). The first-order valence-corrected chi connectivity index (χ1v) is 17.1. The van der Waals surface area contributed by atoms with Gasteiger partial charge in [-0.2, -0.15) is 0 Å². The standard InChI is InChI=1S/C30H38O2S4/c1-5-9-11-19(7-3)17-31-25-23-27-21(13-15-33-27)36-30(23)26(32-18-20(8-4)12-10-6-2)24-28-22(14-16-34-28)35-29(24)25/h13-16,19-20H,5-12,17-18H2,1-4H3. The monoisotopic (exact) mass is 558 g/mol.